The molecular formula is C21H26ClN3O3S. The molecule has 8 heteroatoms. The Hall–Kier alpha value is -2.25. The van der Waals surface area contributed by atoms with Crippen LogP contribution in [0.2, 0.25) is 5.02 Å². The van der Waals surface area contributed by atoms with E-state index in [0.717, 1.165) is 18.8 Å². The third-order valence-electron chi connectivity index (χ3n) is 5.02. The number of amides is 1. The Morgan fingerprint density at radius 1 is 1.03 bits per heavy atom. The van der Waals surface area contributed by atoms with Gasteiger partial charge in [-0.25, -0.2) is 8.42 Å². The van der Waals surface area contributed by atoms with Crippen LogP contribution in [-0.2, 0) is 14.8 Å². The van der Waals surface area contributed by atoms with E-state index in [-0.39, 0.29) is 16.8 Å². The molecule has 0 saturated carbocycles. The number of carbonyl (C=O) groups is 1. The number of hydrogen-bond donors (Lipinski definition) is 0. The average molecular weight is 436 g/mol. The van der Waals surface area contributed by atoms with Crippen molar-refractivity contribution in [1.82, 2.24) is 4.90 Å². The molecule has 0 radical (unpaired) electrons. The van der Waals surface area contributed by atoms with Crippen molar-refractivity contribution in [2.24, 2.45) is 0 Å². The highest BCUT2D eigenvalue weighted by Crippen LogP contribution is 2.29. The van der Waals surface area contributed by atoms with Crippen LogP contribution in [0, 0.1) is 0 Å². The Labute approximate surface area is 177 Å². The molecule has 0 unspecified atom stereocenters. The number of rotatable bonds is 5. The van der Waals surface area contributed by atoms with E-state index in [9.17, 15) is 13.2 Å². The molecule has 1 heterocycles. The van der Waals surface area contributed by atoms with Crippen molar-refractivity contribution in [3.05, 3.63) is 53.6 Å². The maximum absolute atomic E-state index is 13.3. The van der Waals surface area contributed by atoms with Gasteiger partial charge in [-0.1, -0.05) is 17.7 Å². The van der Waals surface area contributed by atoms with Crippen molar-refractivity contribution < 1.29 is 13.2 Å². The van der Waals surface area contributed by atoms with E-state index in [2.05, 4.69) is 4.90 Å². The second kappa shape index (κ2) is 8.63. The first-order valence-electron chi connectivity index (χ1n) is 9.60. The smallest absolute Gasteiger partial charge is 0.264 e. The minimum Gasteiger partial charge on any atom is -0.368 e. The van der Waals surface area contributed by atoms with Gasteiger partial charge in [0.1, 0.15) is 0 Å². The predicted molar refractivity (Wildman–Crippen MR) is 117 cm³/mol. The highest BCUT2D eigenvalue weighted by atomic mass is 35.5. The van der Waals surface area contributed by atoms with Crippen LogP contribution in [0.5, 0.6) is 0 Å². The summed E-state index contributed by atoms with van der Waals surface area (Å²) in [5.41, 5.74) is 1.49. The van der Waals surface area contributed by atoms with E-state index in [4.69, 9.17) is 11.6 Å². The molecule has 0 bridgehead atoms. The average Bonchev–Trinajstić information content (AvgIpc) is 2.68. The standard InChI is InChI=1S/C21H26ClN3O3S/c1-16(2)25(20-6-4-5-18(22)15-20)29(27,28)21-9-7-19(8-10-21)24-13-11-23(12-14-24)17(3)26/h4-10,15-16H,11-14H2,1-3H3. The fourth-order valence-corrected chi connectivity index (χ4v) is 5.39. The molecule has 2 aromatic carbocycles. The molecule has 6 nitrogen and oxygen atoms in total. The molecule has 1 fully saturated rings. The van der Waals surface area contributed by atoms with Gasteiger partial charge in [-0.3, -0.25) is 9.10 Å². The lowest BCUT2D eigenvalue weighted by atomic mass is 10.2. The number of hydrogen-bond acceptors (Lipinski definition) is 4. The zero-order chi connectivity index (χ0) is 21.2. The summed E-state index contributed by atoms with van der Waals surface area (Å²) in [6.45, 7) is 8.05. The van der Waals surface area contributed by atoms with E-state index in [1.165, 1.54) is 4.31 Å². The van der Waals surface area contributed by atoms with Crippen molar-refractivity contribution in [3.63, 3.8) is 0 Å². The molecule has 0 spiro atoms. The zero-order valence-corrected chi connectivity index (χ0v) is 18.4. The van der Waals surface area contributed by atoms with Crippen LogP contribution >= 0.6 is 11.6 Å². The first-order chi connectivity index (χ1) is 13.7. The topological polar surface area (TPSA) is 60.9 Å². The lowest BCUT2D eigenvalue weighted by Gasteiger charge is -2.35. The maximum atomic E-state index is 13.3. The van der Waals surface area contributed by atoms with Crippen molar-refractivity contribution in [2.45, 2.75) is 31.7 Å². The van der Waals surface area contributed by atoms with Crippen LogP contribution in [0.1, 0.15) is 20.8 Å². The molecule has 29 heavy (non-hydrogen) atoms. The van der Waals surface area contributed by atoms with Gasteiger partial charge >= 0.3 is 0 Å². The number of anilines is 2. The minimum absolute atomic E-state index is 0.0842. The van der Waals surface area contributed by atoms with Gasteiger partial charge in [0.15, 0.2) is 0 Å². The van der Waals surface area contributed by atoms with E-state index in [1.54, 1.807) is 43.3 Å². The number of sulfonamides is 1. The van der Waals surface area contributed by atoms with E-state index in [0.29, 0.717) is 23.8 Å². The predicted octanol–water partition coefficient (Wildman–Crippen LogP) is 3.61. The first-order valence-corrected chi connectivity index (χ1v) is 11.4. The molecule has 156 valence electrons. The van der Waals surface area contributed by atoms with Crippen molar-refractivity contribution >= 4 is 38.9 Å². The van der Waals surface area contributed by atoms with Gasteiger partial charge in [-0.15, -0.1) is 0 Å². The number of halogens is 1. The largest absolute Gasteiger partial charge is 0.368 e. The highest BCUT2D eigenvalue weighted by Gasteiger charge is 2.28. The zero-order valence-electron chi connectivity index (χ0n) is 16.9. The molecule has 1 aliphatic heterocycles. The summed E-state index contributed by atoms with van der Waals surface area (Å²) in [5.74, 6) is 0.0842. The molecule has 0 aromatic heterocycles. The van der Waals surface area contributed by atoms with Crippen LogP contribution in [0.4, 0.5) is 11.4 Å². The quantitative estimate of drug-likeness (QED) is 0.719. The summed E-state index contributed by atoms with van der Waals surface area (Å²) >= 11 is 6.07. The first kappa shape index (κ1) is 21.5. The number of piperazine rings is 1. The molecule has 0 atom stereocenters. The minimum atomic E-state index is -3.73. The van der Waals surface area contributed by atoms with Crippen LogP contribution in [0.25, 0.3) is 0 Å². The normalized spacial score (nSPS) is 14.9. The highest BCUT2D eigenvalue weighted by molar-refractivity contribution is 7.92. The Morgan fingerprint density at radius 2 is 1.66 bits per heavy atom. The van der Waals surface area contributed by atoms with Gasteiger partial charge in [0.25, 0.3) is 10.0 Å². The van der Waals surface area contributed by atoms with E-state index >= 15 is 0 Å². The van der Waals surface area contributed by atoms with Gasteiger partial charge in [-0.05, 0) is 56.3 Å². The third kappa shape index (κ3) is 4.67. The number of nitrogens with zero attached hydrogens (tertiary/aromatic N) is 3. The van der Waals surface area contributed by atoms with Gasteiger partial charge in [0.2, 0.25) is 5.91 Å². The van der Waals surface area contributed by atoms with Crippen LogP contribution in [0.3, 0.4) is 0 Å². The fraction of sp³-hybridized carbons (Fsp3) is 0.381. The lowest BCUT2D eigenvalue weighted by molar-refractivity contribution is -0.129. The molecule has 3 rings (SSSR count). The number of carbonyl (C=O) groups excluding carboxylic acids is 1. The van der Waals surface area contributed by atoms with E-state index < -0.39 is 10.0 Å². The van der Waals surface area contributed by atoms with Crippen molar-refractivity contribution in [1.29, 1.82) is 0 Å². The molecule has 1 aliphatic rings. The van der Waals surface area contributed by atoms with Gasteiger partial charge in [0.05, 0.1) is 10.6 Å². The molecule has 1 amide bonds. The second-order valence-corrected chi connectivity index (χ2v) is 9.61. The molecule has 2 aromatic rings. The lowest BCUT2D eigenvalue weighted by Crippen LogP contribution is -2.48. The van der Waals surface area contributed by atoms with Crippen LogP contribution in [-0.4, -0.2) is 51.4 Å². The molecule has 0 aliphatic carbocycles. The Morgan fingerprint density at radius 3 is 2.17 bits per heavy atom. The fourth-order valence-electron chi connectivity index (χ4n) is 3.55. The summed E-state index contributed by atoms with van der Waals surface area (Å²) < 4.78 is 28.0. The Kier molecular flexibility index (Phi) is 6.39. The SMILES string of the molecule is CC(=O)N1CCN(c2ccc(S(=O)(=O)N(c3cccc(Cl)c3)C(C)C)cc2)CC1. The van der Waals surface area contributed by atoms with Crippen LogP contribution in [0.15, 0.2) is 53.4 Å². The van der Waals surface area contributed by atoms with Crippen molar-refractivity contribution in [3.8, 4) is 0 Å². The summed E-state index contributed by atoms with van der Waals surface area (Å²) in [7, 11) is -3.73. The van der Waals surface area contributed by atoms with E-state index in [1.807, 2.05) is 30.9 Å². The van der Waals surface area contributed by atoms with Gasteiger partial charge in [-0.2, -0.15) is 0 Å². The monoisotopic (exact) mass is 435 g/mol. The Balaban J connectivity index is 1.83. The second-order valence-electron chi connectivity index (χ2n) is 7.36. The number of benzene rings is 2. The van der Waals surface area contributed by atoms with Gasteiger partial charge < -0.3 is 9.80 Å². The summed E-state index contributed by atoms with van der Waals surface area (Å²) in [4.78, 5) is 15.7. The molecule has 0 N–H and O–H groups in total. The summed E-state index contributed by atoms with van der Waals surface area (Å²) in [6, 6.07) is 13.5. The Bertz CT molecular complexity index is 969. The summed E-state index contributed by atoms with van der Waals surface area (Å²) in [6.07, 6.45) is 0. The molecular weight excluding hydrogens is 410 g/mol. The molecule has 1 saturated heterocycles. The summed E-state index contributed by atoms with van der Waals surface area (Å²) in [5, 5.41) is 0.489. The van der Waals surface area contributed by atoms with Crippen LogP contribution < -0.4 is 9.21 Å². The van der Waals surface area contributed by atoms with Crippen molar-refractivity contribution in [2.75, 3.05) is 35.4 Å². The maximum Gasteiger partial charge on any atom is 0.264 e. The van der Waals surface area contributed by atoms with Gasteiger partial charge in [0, 0.05) is 49.9 Å². The third-order valence-corrected chi connectivity index (χ3v) is 7.27.